The summed E-state index contributed by atoms with van der Waals surface area (Å²) >= 11 is 0. The molecule has 13 heavy (non-hydrogen) atoms. The second-order valence-corrected chi connectivity index (χ2v) is 2.77. The third kappa shape index (κ3) is 0.957. The van der Waals surface area contributed by atoms with Crippen LogP contribution in [-0.4, -0.2) is 23.4 Å². The van der Waals surface area contributed by atoms with Crippen molar-refractivity contribution < 1.29 is 9.59 Å². The first-order valence-electron chi connectivity index (χ1n) is 3.91. The molecule has 0 unspecified atom stereocenters. The number of hydrogen-bond donors (Lipinski definition) is 1. The van der Waals surface area contributed by atoms with Crippen LogP contribution >= 0.6 is 0 Å². The molecular formula is C9H8N2O2. The van der Waals surface area contributed by atoms with E-state index >= 15 is 0 Å². The summed E-state index contributed by atoms with van der Waals surface area (Å²) < 4.78 is 0. The van der Waals surface area contributed by atoms with E-state index in [1.165, 1.54) is 0 Å². The van der Waals surface area contributed by atoms with Gasteiger partial charge in [0.1, 0.15) is 0 Å². The van der Waals surface area contributed by atoms with E-state index in [-0.39, 0.29) is 18.5 Å². The lowest BCUT2D eigenvalue weighted by molar-refractivity contribution is 0.0658. The highest BCUT2D eigenvalue weighted by Gasteiger charge is 2.33. The molecule has 0 saturated heterocycles. The fourth-order valence-corrected chi connectivity index (χ4v) is 1.40. The highest BCUT2D eigenvalue weighted by atomic mass is 16.2. The maximum Gasteiger partial charge on any atom is 0.262 e. The number of rotatable bonds is 1. The number of amides is 2. The van der Waals surface area contributed by atoms with E-state index in [9.17, 15) is 9.59 Å². The number of imide groups is 1. The zero-order valence-corrected chi connectivity index (χ0v) is 6.86. The minimum absolute atomic E-state index is 0.0631. The molecule has 0 fully saturated rings. The van der Waals surface area contributed by atoms with Crippen LogP contribution in [0.4, 0.5) is 0 Å². The van der Waals surface area contributed by atoms with E-state index < -0.39 is 0 Å². The lowest BCUT2D eigenvalue weighted by Crippen LogP contribution is -2.34. The Bertz CT molecular complexity index is 352. The third-order valence-corrected chi connectivity index (χ3v) is 2.06. The Kier molecular flexibility index (Phi) is 1.63. The first-order chi connectivity index (χ1) is 6.25. The molecule has 1 aliphatic heterocycles. The van der Waals surface area contributed by atoms with Crippen molar-refractivity contribution in [3.05, 3.63) is 35.4 Å². The molecule has 0 radical (unpaired) electrons. The van der Waals surface area contributed by atoms with Crippen molar-refractivity contribution in [2.45, 2.75) is 0 Å². The number of nitrogens with two attached hydrogens (primary N) is 1. The average Bonchev–Trinajstić information content (AvgIpc) is 2.41. The Hall–Kier alpha value is -1.68. The van der Waals surface area contributed by atoms with E-state index in [2.05, 4.69) is 0 Å². The van der Waals surface area contributed by atoms with Crippen LogP contribution in [-0.2, 0) is 0 Å². The first-order valence-corrected chi connectivity index (χ1v) is 3.91. The summed E-state index contributed by atoms with van der Waals surface area (Å²) in [6.07, 6.45) is 0. The van der Waals surface area contributed by atoms with Crippen LogP contribution in [0.15, 0.2) is 24.3 Å². The zero-order valence-electron chi connectivity index (χ0n) is 6.86. The fourth-order valence-electron chi connectivity index (χ4n) is 1.40. The van der Waals surface area contributed by atoms with Gasteiger partial charge in [0.25, 0.3) is 11.8 Å². The van der Waals surface area contributed by atoms with Crippen molar-refractivity contribution >= 4 is 11.8 Å². The maximum atomic E-state index is 11.5. The lowest BCUT2D eigenvalue weighted by Gasteiger charge is -2.08. The molecule has 0 spiro atoms. The van der Waals surface area contributed by atoms with Crippen LogP contribution in [0.1, 0.15) is 20.7 Å². The summed E-state index contributed by atoms with van der Waals surface area (Å²) in [7, 11) is 0. The average molecular weight is 176 g/mol. The SMILES string of the molecule is NCN1C(=O)c2ccccc2C1=O. The van der Waals surface area contributed by atoms with E-state index in [1.807, 2.05) is 0 Å². The molecule has 1 aliphatic rings. The summed E-state index contributed by atoms with van der Waals surface area (Å²) in [4.78, 5) is 24.0. The van der Waals surface area contributed by atoms with Crippen LogP contribution in [0.25, 0.3) is 0 Å². The predicted octanol–water partition coefficient (Wildman–Crippen LogP) is 0.199. The van der Waals surface area contributed by atoms with Crippen molar-refractivity contribution in [1.82, 2.24) is 4.90 Å². The smallest absolute Gasteiger partial charge is 0.262 e. The van der Waals surface area contributed by atoms with Crippen molar-refractivity contribution in [1.29, 1.82) is 0 Å². The number of nitrogens with zero attached hydrogens (tertiary/aromatic N) is 1. The maximum absolute atomic E-state index is 11.5. The number of carbonyl (C=O) groups excluding carboxylic acids is 2. The largest absolute Gasteiger partial charge is 0.313 e. The highest BCUT2D eigenvalue weighted by molar-refractivity contribution is 6.21. The molecule has 66 valence electrons. The van der Waals surface area contributed by atoms with E-state index in [0.717, 1.165) is 4.90 Å². The van der Waals surface area contributed by atoms with Crippen LogP contribution in [0.3, 0.4) is 0 Å². The minimum atomic E-state index is -0.303. The Morgan fingerprint density at radius 3 is 1.92 bits per heavy atom. The molecule has 0 saturated carbocycles. The zero-order chi connectivity index (χ0) is 9.42. The number of fused-ring (bicyclic) bond motifs is 1. The monoisotopic (exact) mass is 176 g/mol. The van der Waals surface area contributed by atoms with Gasteiger partial charge in [-0.1, -0.05) is 12.1 Å². The molecule has 0 atom stereocenters. The Morgan fingerprint density at radius 2 is 1.54 bits per heavy atom. The van der Waals surface area contributed by atoms with Crippen LogP contribution in [0.5, 0.6) is 0 Å². The highest BCUT2D eigenvalue weighted by Crippen LogP contribution is 2.20. The van der Waals surface area contributed by atoms with Crippen molar-refractivity contribution in [3.63, 3.8) is 0 Å². The van der Waals surface area contributed by atoms with Crippen LogP contribution in [0.2, 0.25) is 0 Å². The summed E-state index contributed by atoms with van der Waals surface area (Å²) in [5, 5.41) is 0. The number of carbonyl (C=O) groups is 2. The van der Waals surface area contributed by atoms with Crippen LogP contribution < -0.4 is 5.73 Å². The molecule has 4 nitrogen and oxygen atoms in total. The topological polar surface area (TPSA) is 63.4 Å². The Morgan fingerprint density at radius 1 is 1.08 bits per heavy atom. The molecule has 0 aromatic heterocycles. The second kappa shape index (κ2) is 2.67. The molecule has 1 heterocycles. The predicted molar refractivity (Wildman–Crippen MR) is 46.0 cm³/mol. The number of benzene rings is 1. The standard InChI is InChI=1S/C9H8N2O2/c10-5-11-8(12)6-3-1-2-4-7(6)9(11)13/h1-4H,5,10H2. The molecule has 1 aromatic carbocycles. The van der Waals surface area contributed by atoms with E-state index in [4.69, 9.17) is 5.73 Å². The van der Waals surface area contributed by atoms with Gasteiger partial charge in [-0.05, 0) is 12.1 Å². The molecule has 0 bridgehead atoms. The molecule has 1 aromatic rings. The Balaban J connectivity index is 2.57. The summed E-state index contributed by atoms with van der Waals surface area (Å²) in [6.45, 7) is -0.0631. The van der Waals surface area contributed by atoms with Gasteiger partial charge in [0, 0.05) is 0 Å². The van der Waals surface area contributed by atoms with Gasteiger partial charge in [-0.25, -0.2) is 0 Å². The van der Waals surface area contributed by atoms with E-state index in [1.54, 1.807) is 24.3 Å². The van der Waals surface area contributed by atoms with Crippen molar-refractivity contribution in [2.24, 2.45) is 5.73 Å². The minimum Gasteiger partial charge on any atom is -0.313 e. The number of hydrogen-bond acceptors (Lipinski definition) is 3. The van der Waals surface area contributed by atoms with Gasteiger partial charge < -0.3 is 5.73 Å². The molecular weight excluding hydrogens is 168 g/mol. The summed E-state index contributed by atoms with van der Waals surface area (Å²) in [5.41, 5.74) is 6.16. The van der Waals surface area contributed by atoms with Gasteiger partial charge in [0.2, 0.25) is 0 Å². The quantitative estimate of drug-likeness (QED) is 0.621. The van der Waals surface area contributed by atoms with Gasteiger partial charge in [-0.2, -0.15) is 0 Å². The third-order valence-electron chi connectivity index (χ3n) is 2.06. The Labute approximate surface area is 74.9 Å². The molecule has 2 N–H and O–H groups in total. The van der Waals surface area contributed by atoms with Gasteiger partial charge in [0.05, 0.1) is 17.8 Å². The molecule has 4 heteroatoms. The first kappa shape index (κ1) is 7.94. The summed E-state index contributed by atoms with van der Waals surface area (Å²) in [6, 6.07) is 6.71. The van der Waals surface area contributed by atoms with Gasteiger partial charge in [-0.15, -0.1) is 0 Å². The van der Waals surface area contributed by atoms with Gasteiger partial charge in [0.15, 0.2) is 0 Å². The second-order valence-electron chi connectivity index (χ2n) is 2.77. The summed E-state index contributed by atoms with van der Waals surface area (Å²) in [5.74, 6) is -0.605. The van der Waals surface area contributed by atoms with Gasteiger partial charge >= 0.3 is 0 Å². The molecule has 2 amide bonds. The normalized spacial score (nSPS) is 15.0. The van der Waals surface area contributed by atoms with Crippen molar-refractivity contribution in [3.8, 4) is 0 Å². The lowest BCUT2D eigenvalue weighted by atomic mass is 10.1. The molecule has 2 rings (SSSR count). The van der Waals surface area contributed by atoms with Crippen molar-refractivity contribution in [2.75, 3.05) is 6.67 Å². The fraction of sp³-hybridized carbons (Fsp3) is 0.111. The van der Waals surface area contributed by atoms with Crippen LogP contribution in [0, 0.1) is 0 Å². The van der Waals surface area contributed by atoms with Gasteiger partial charge in [-0.3, -0.25) is 14.5 Å². The molecule has 0 aliphatic carbocycles. The van der Waals surface area contributed by atoms with E-state index in [0.29, 0.717) is 11.1 Å².